The Morgan fingerprint density at radius 2 is 2.00 bits per heavy atom. The summed E-state index contributed by atoms with van der Waals surface area (Å²) in [7, 11) is 0. The van der Waals surface area contributed by atoms with Crippen LogP contribution in [0.2, 0.25) is 0 Å². The molecule has 4 rings (SSSR count). The Hall–Kier alpha value is -0.650. The van der Waals surface area contributed by atoms with Crippen molar-refractivity contribution in [1.29, 1.82) is 0 Å². The minimum Gasteiger partial charge on any atom is -0.459 e. The number of carbonyl (C=O) groups is 1. The molecular formula is C15H22O5. The summed E-state index contributed by atoms with van der Waals surface area (Å²) in [6.07, 6.45) is 0.599. The van der Waals surface area contributed by atoms with Crippen molar-refractivity contribution in [1.82, 2.24) is 0 Å². The molecule has 2 aliphatic heterocycles. The Labute approximate surface area is 118 Å². The van der Waals surface area contributed by atoms with Crippen LogP contribution in [0.1, 0.15) is 33.1 Å². The van der Waals surface area contributed by atoms with E-state index >= 15 is 0 Å². The number of epoxide rings is 1. The molecule has 0 radical (unpaired) electrons. The number of fused-ring (bicyclic) bond motifs is 2. The average Bonchev–Trinajstić information content (AvgIpc) is 3.10. The van der Waals surface area contributed by atoms with Crippen molar-refractivity contribution in [2.75, 3.05) is 0 Å². The van der Waals surface area contributed by atoms with E-state index in [9.17, 15) is 15.0 Å². The van der Waals surface area contributed by atoms with Gasteiger partial charge >= 0.3 is 5.97 Å². The van der Waals surface area contributed by atoms with Gasteiger partial charge in [0.25, 0.3) is 0 Å². The van der Waals surface area contributed by atoms with Gasteiger partial charge in [-0.2, -0.15) is 0 Å². The van der Waals surface area contributed by atoms with Gasteiger partial charge in [0.15, 0.2) is 0 Å². The molecule has 112 valence electrons. The van der Waals surface area contributed by atoms with E-state index in [0.717, 1.165) is 6.42 Å². The highest BCUT2D eigenvalue weighted by Crippen LogP contribution is 2.57. The first-order valence-corrected chi connectivity index (χ1v) is 7.68. The monoisotopic (exact) mass is 282 g/mol. The fraction of sp³-hybridized carbons (Fsp3) is 0.933. The van der Waals surface area contributed by atoms with E-state index in [1.54, 1.807) is 0 Å². The topological polar surface area (TPSA) is 79.3 Å². The van der Waals surface area contributed by atoms with Crippen LogP contribution in [0.3, 0.4) is 0 Å². The summed E-state index contributed by atoms with van der Waals surface area (Å²) in [5.41, 5.74) is -0.604. The zero-order valence-corrected chi connectivity index (χ0v) is 11.9. The summed E-state index contributed by atoms with van der Waals surface area (Å²) in [6.45, 7) is 3.80. The zero-order valence-electron chi connectivity index (χ0n) is 11.9. The van der Waals surface area contributed by atoms with E-state index < -0.39 is 17.8 Å². The van der Waals surface area contributed by atoms with Crippen LogP contribution in [0.5, 0.6) is 0 Å². The van der Waals surface area contributed by atoms with Crippen molar-refractivity contribution in [3.63, 3.8) is 0 Å². The van der Waals surface area contributed by atoms with Gasteiger partial charge in [0.2, 0.25) is 0 Å². The number of ether oxygens (including phenoxy) is 2. The minimum atomic E-state index is -0.604. The second kappa shape index (κ2) is 3.96. The van der Waals surface area contributed by atoms with Crippen molar-refractivity contribution in [2.45, 2.75) is 63.1 Å². The summed E-state index contributed by atoms with van der Waals surface area (Å²) in [5.74, 6) is 0.105. The summed E-state index contributed by atoms with van der Waals surface area (Å²) < 4.78 is 11.4. The molecular weight excluding hydrogens is 260 g/mol. The molecule has 0 aromatic carbocycles. The number of rotatable bonds is 0. The molecule has 2 saturated carbocycles. The highest BCUT2D eigenvalue weighted by Gasteiger charge is 2.69. The standard InChI is InChI=1S/C15H22O5/c1-6-7-3-4-9(16)8-5-10(17)15(2)13(20-15)12(11(7)8)19-14(6)18/h6-13,16-17H,3-5H2,1-2H3/t6-,7-,8+,9-,10-,11?,12?,13+,15-/m1/s1. The van der Waals surface area contributed by atoms with Crippen LogP contribution in [0, 0.1) is 23.7 Å². The second-order valence-corrected chi connectivity index (χ2v) is 7.21. The molecule has 9 atom stereocenters. The molecule has 5 heteroatoms. The third-order valence-electron chi connectivity index (χ3n) is 6.27. The maximum Gasteiger partial charge on any atom is 0.309 e. The molecule has 4 aliphatic rings. The lowest BCUT2D eigenvalue weighted by atomic mass is 9.62. The van der Waals surface area contributed by atoms with Crippen LogP contribution in [0.25, 0.3) is 0 Å². The molecule has 2 N–H and O–H groups in total. The Balaban J connectivity index is 1.75. The number of hydrogen-bond acceptors (Lipinski definition) is 5. The maximum atomic E-state index is 12.1. The molecule has 4 fully saturated rings. The Bertz CT molecular complexity index is 452. The predicted octanol–water partition coefficient (Wildman–Crippen LogP) is 0.473. The van der Waals surface area contributed by atoms with Gasteiger partial charge in [0.05, 0.1) is 18.1 Å². The number of aliphatic hydroxyl groups is 2. The summed E-state index contributed by atoms with van der Waals surface area (Å²) >= 11 is 0. The molecule has 2 saturated heterocycles. The van der Waals surface area contributed by atoms with E-state index in [-0.39, 0.29) is 41.8 Å². The highest BCUT2D eigenvalue weighted by atomic mass is 16.7. The first-order valence-electron chi connectivity index (χ1n) is 7.68. The second-order valence-electron chi connectivity index (χ2n) is 7.21. The van der Waals surface area contributed by atoms with Crippen LogP contribution < -0.4 is 0 Å². The number of hydrogen-bond donors (Lipinski definition) is 2. The third kappa shape index (κ3) is 1.51. The Kier molecular flexibility index (Phi) is 2.58. The van der Waals surface area contributed by atoms with Crippen LogP contribution in [0.4, 0.5) is 0 Å². The van der Waals surface area contributed by atoms with Crippen molar-refractivity contribution in [3.05, 3.63) is 0 Å². The molecule has 0 spiro atoms. The SMILES string of the molecule is C[C@H]1C(=O)OC2C3[C@@H](C[C@@H](O)[C@@]4(C)O[C@@H]24)[C@H](O)CC[C@@H]31. The third-order valence-corrected chi connectivity index (χ3v) is 6.27. The van der Waals surface area contributed by atoms with E-state index in [0.29, 0.717) is 12.8 Å². The van der Waals surface area contributed by atoms with Crippen LogP contribution >= 0.6 is 0 Å². The largest absolute Gasteiger partial charge is 0.459 e. The Morgan fingerprint density at radius 3 is 2.75 bits per heavy atom. The van der Waals surface area contributed by atoms with Crippen LogP contribution in [-0.4, -0.2) is 46.2 Å². The lowest BCUT2D eigenvalue weighted by molar-refractivity contribution is -0.187. The van der Waals surface area contributed by atoms with Crippen molar-refractivity contribution >= 4 is 5.97 Å². The predicted molar refractivity (Wildman–Crippen MR) is 68.7 cm³/mol. The fourth-order valence-corrected chi connectivity index (χ4v) is 4.88. The van der Waals surface area contributed by atoms with Gasteiger partial charge in [-0.3, -0.25) is 4.79 Å². The maximum absolute atomic E-state index is 12.1. The Morgan fingerprint density at radius 1 is 1.25 bits per heavy atom. The van der Waals surface area contributed by atoms with E-state index in [4.69, 9.17) is 9.47 Å². The lowest BCUT2D eigenvalue weighted by Crippen LogP contribution is -2.54. The van der Waals surface area contributed by atoms with Gasteiger partial charge in [-0.15, -0.1) is 0 Å². The molecule has 0 amide bonds. The number of esters is 1. The normalized spacial score (nSPS) is 60.9. The molecule has 5 nitrogen and oxygen atoms in total. The molecule has 0 aromatic rings. The highest BCUT2D eigenvalue weighted by molar-refractivity contribution is 5.73. The van der Waals surface area contributed by atoms with Crippen LogP contribution in [0.15, 0.2) is 0 Å². The summed E-state index contributed by atoms with van der Waals surface area (Å²) in [4.78, 5) is 12.1. The van der Waals surface area contributed by atoms with Gasteiger partial charge in [-0.1, -0.05) is 6.92 Å². The fourth-order valence-electron chi connectivity index (χ4n) is 4.88. The molecule has 2 aliphatic carbocycles. The van der Waals surface area contributed by atoms with Gasteiger partial charge in [-0.05, 0) is 38.0 Å². The minimum absolute atomic E-state index is 0.0116. The van der Waals surface area contributed by atoms with Crippen LogP contribution in [-0.2, 0) is 14.3 Å². The first-order chi connectivity index (χ1) is 9.43. The van der Waals surface area contributed by atoms with Crippen molar-refractivity contribution < 1.29 is 24.5 Å². The molecule has 2 unspecified atom stereocenters. The van der Waals surface area contributed by atoms with Gasteiger partial charge in [-0.25, -0.2) is 0 Å². The van der Waals surface area contributed by atoms with Crippen molar-refractivity contribution in [2.24, 2.45) is 23.7 Å². The van der Waals surface area contributed by atoms with Gasteiger partial charge < -0.3 is 19.7 Å². The molecule has 0 aromatic heterocycles. The average molecular weight is 282 g/mol. The zero-order chi connectivity index (χ0) is 14.2. The van der Waals surface area contributed by atoms with E-state index in [2.05, 4.69) is 0 Å². The first kappa shape index (κ1) is 13.0. The van der Waals surface area contributed by atoms with E-state index in [1.165, 1.54) is 0 Å². The number of carbonyl (C=O) groups excluding carboxylic acids is 1. The summed E-state index contributed by atoms with van der Waals surface area (Å²) in [6, 6.07) is 0. The lowest BCUT2D eigenvalue weighted by Gasteiger charge is -2.48. The smallest absolute Gasteiger partial charge is 0.309 e. The van der Waals surface area contributed by atoms with Gasteiger partial charge in [0, 0.05) is 5.92 Å². The summed E-state index contributed by atoms with van der Waals surface area (Å²) in [5, 5.41) is 20.7. The van der Waals surface area contributed by atoms with E-state index in [1.807, 2.05) is 13.8 Å². The molecule has 0 bridgehead atoms. The van der Waals surface area contributed by atoms with Gasteiger partial charge in [0.1, 0.15) is 17.8 Å². The number of aliphatic hydroxyl groups excluding tert-OH is 2. The van der Waals surface area contributed by atoms with Crippen molar-refractivity contribution in [3.8, 4) is 0 Å². The quantitative estimate of drug-likeness (QED) is 0.499. The molecule has 2 heterocycles. The molecule has 20 heavy (non-hydrogen) atoms.